The van der Waals surface area contributed by atoms with E-state index in [0.29, 0.717) is 17.8 Å². The second-order valence-electron chi connectivity index (χ2n) is 8.32. The van der Waals surface area contributed by atoms with Crippen molar-refractivity contribution in [3.05, 3.63) is 78.5 Å². The Hall–Kier alpha value is -4.17. The Balaban J connectivity index is 1.27. The third-order valence-electron chi connectivity index (χ3n) is 5.74. The van der Waals surface area contributed by atoms with Gasteiger partial charge in [-0.2, -0.15) is 5.10 Å². The molecule has 1 aromatic heterocycles. The molecule has 4 aromatic rings. The number of fused-ring (bicyclic) bond motifs is 1. The van der Waals surface area contributed by atoms with Crippen LogP contribution in [-0.2, 0) is 4.79 Å². The van der Waals surface area contributed by atoms with Gasteiger partial charge in [-0.25, -0.2) is 4.68 Å². The zero-order chi connectivity index (χ0) is 23.5. The highest BCUT2D eigenvalue weighted by Gasteiger charge is 2.29. The molecule has 0 atom stereocenters. The molecule has 1 aliphatic rings. The van der Waals surface area contributed by atoms with E-state index in [4.69, 9.17) is 5.11 Å². The van der Waals surface area contributed by atoms with Gasteiger partial charge in [-0.15, -0.1) is 0 Å². The number of aliphatic hydroxyl groups is 1. The average molecular weight is 456 g/mol. The summed E-state index contributed by atoms with van der Waals surface area (Å²) in [5, 5.41) is 23.2. The zero-order valence-corrected chi connectivity index (χ0v) is 18.5. The number of hydrogen-bond donors (Lipinski definition) is 4. The first-order chi connectivity index (χ1) is 16.6. The predicted molar refractivity (Wildman–Crippen MR) is 132 cm³/mol. The van der Waals surface area contributed by atoms with Gasteiger partial charge in [-0.3, -0.25) is 9.59 Å². The van der Waals surface area contributed by atoms with Crippen molar-refractivity contribution >= 4 is 39.8 Å². The molecule has 1 fully saturated rings. The lowest BCUT2D eigenvalue weighted by Gasteiger charge is -2.09. The minimum atomic E-state index is -0.204. The number of carbonyl (C=O) groups is 2. The Morgan fingerprint density at radius 1 is 0.912 bits per heavy atom. The summed E-state index contributed by atoms with van der Waals surface area (Å²) in [5.74, 6) is 0.0446. The molecule has 1 heterocycles. The highest BCUT2D eigenvalue weighted by molar-refractivity contribution is 6.05. The molecule has 4 N–H and O–H groups in total. The summed E-state index contributed by atoms with van der Waals surface area (Å²) < 4.78 is 1.82. The number of amides is 2. The van der Waals surface area contributed by atoms with Gasteiger partial charge in [0.25, 0.3) is 5.91 Å². The molecule has 0 spiro atoms. The van der Waals surface area contributed by atoms with Gasteiger partial charge in [-0.05, 0) is 79.6 Å². The summed E-state index contributed by atoms with van der Waals surface area (Å²) >= 11 is 0. The van der Waals surface area contributed by atoms with Gasteiger partial charge in [0.1, 0.15) is 0 Å². The van der Waals surface area contributed by atoms with Crippen LogP contribution in [0.25, 0.3) is 16.6 Å². The Bertz CT molecular complexity index is 1330. The van der Waals surface area contributed by atoms with Crippen LogP contribution >= 0.6 is 0 Å². The largest absolute Gasteiger partial charge is 0.395 e. The summed E-state index contributed by atoms with van der Waals surface area (Å²) in [5.41, 5.74) is 4.63. The molecule has 0 unspecified atom stereocenters. The van der Waals surface area contributed by atoms with Crippen LogP contribution in [0.1, 0.15) is 23.2 Å². The normalized spacial score (nSPS) is 13.0. The third-order valence-corrected chi connectivity index (χ3v) is 5.74. The maximum Gasteiger partial charge on any atom is 0.255 e. The van der Waals surface area contributed by atoms with Crippen molar-refractivity contribution in [2.24, 2.45) is 5.92 Å². The predicted octanol–water partition coefficient (Wildman–Crippen LogP) is 4.03. The summed E-state index contributed by atoms with van der Waals surface area (Å²) in [6, 6.07) is 20.3. The average Bonchev–Trinajstić information content (AvgIpc) is 3.63. The number of anilines is 3. The van der Waals surface area contributed by atoms with Gasteiger partial charge in [0.05, 0.1) is 24.0 Å². The van der Waals surface area contributed by atoms with E-state index >= 15 is 0 Å². The molecular weight excluding hydrogens is 430 g/mol. The number of nitrogens with zero attached hydrogens (tertiary/aromatic N) is 2. The fourth-order valence-corrected chi connectivity index (χ4v) is 3.74. The molecule has 8 nitrogen and oxygen atoms in total. The minimum absolute atomic E-state index is 0.0468. The minimum Gasteiger partial charge on any atom is -0.395 e. The van der Waals surface area contributed by atoms with Gasteiger partial charge in [0.2, 0.25) is 5.91 Å². The monoisotopic (exact) mass is 455 g/mol. The Kier molecular flexibility index (Phi) is 5.97. The van der Waals surface area contributed by atoms with E-state index in [0.717, 1.165) is 40.8 Å². The Morgan fingerprint density at radius 2 is 1.62 bits per heavy atom. The van der Waals surface area contributed by atoms with Crippen molar-refractivity contribution in [3.8, 4) is 5.69 Å². The molecule has 1 saturated carbocycles. The quantitative estimate of drug-likeness (QED) is 0.321. The lowest BCUT2D eigenvalue weighted by molar-refractivity contribution is -0.117. The maximum absolute atomic E-state index is 12.6. The smallest absolute Gasteiger partial charge is 0.255 e. The molecule has 172 valence electrons. The Labute approximate surface area is 196 Å². The third kappa shape index (κ3) is 4.77. The SMILES string of the molecule is O=C(Nc1ccc2c(cnn2-c2ccc(NC(=O)C3CC3)cc2)c1)c1ccc(NCCO)cc1. The maximum atomic E-state index is 12.6. The molecule has 0 radical (unpaired) electrons. The van der Waals surface area contributed by atoms with Crippen molar-refractivity contribution in [3.63, 3.8) is 0 Å². The van der Waals surface area contributed by atoms with Crippen LogP contribution < -0.4 is 16.0 Å². The molecule has 3 aromatic carbocycles. The van der Waals surface area contributed by atoms with Crippen molar-refractivity contribution in [1.82, 2.24) is 9.78 Å². The molecule has 34 heavy (non-hydrogen) atoms. The van der Waals surface area contributed by atoms with Gasteiger partial charge >= 0.3 is 0 Å². The van der Waals surface area contributed by atoms with Crippen molar-refractivity contribution in [1.29, 1.82) is 0 Å². The second-order valence-corrected chi connectivity index (χ2v) is 8.32. The van der Waals surface area contributed by atoms with E-state index in [1.54, 1.807) is 30.5 Å². The van der Waals surface area contributed by atoms with Gasteiger partial charge in [0.15, 0.2) is 0 Å². The van der Waals surface area contributed by atoms with Crippen LogP contribution in [0.5, 0.6) is 0 Å². The molecule has 0 aliphatic heterocycles. The van der Waals surface area contributed by atoms with Crippen molar-refractivity contribution < 1.29 is 14.7 Å². The number of carbonyl (C=O) groups excluding carboxylic acids is 2. The number of benzene rings is 3. The number of aromatic nitrogens is 2. The van der Waals surface area contributed by atoms with Crippen LogP contribution in [-0.4, -0.2) is 39.9 Å². The fourth-order valence-electron chi connectivity index (χ4n) is 3.74. The standard InChI is InChI=1S/C26H25N5O3/c32-14-13-27-20-5-3-18(4-6-20)26(34)30-22-9-12-24-19(15-22)16-28-31(24)23-10-7-21(8-11-23)29-25(33)17-1-2-17/h3-12,15-17,27,32H,1-2,13-14H2,(H,29,33)(H,30,34). The molecule has 0 saturated heterocycles. The summed E-state index contributed by atoms with van der Waals surface area (Å²) in [7, 11) is 0. The molecule has 0 bridgehead atoms. The van der Waals surface area contributed by atoms with Gasteiger partial charge in [-0.1, -0.05) is 0 Å². The lowest BCUT2D eigenvalue weighted by Crippen LogP contribution is -2.13. The first-order valence-electron chi connectivity index (χ1n) is 11.3. The first kappa shape index (κ1) is 21.7. The number of hydrogen-bond acceptors (Lipinski definition) is 5. The Morgan fingerprint density at radius 3 is 2.32 bits per heavy atom. The van der Waals surface area contributed by atoms with E-state index in [1.807, 2.05) is 47.1 Å². The highest BCUT2D eigenvalue weighted by atomic mass is 16.3. The topological polar surface area (TPSA) is 108 Å². The first-order valence-corrected chi connectivity index (χ1v) is 11.3. The summed E-state index contributed by atoms with van der Waals surface area (Å²) in [6.45, 7) is 0.506. The van der Waals surface area contributed by atoms with Crippen molar-refractivity contribution in [2.45, 2.75) is 12.8 Å². The van der Waals surface area contributed by atoms with Crippen LogP contribution in [0.15, 0.2) is 72.9 Å². The van der Waals surface area contributed by atoms with Gasteiger partial charge in [0, 0.05) is 40.5 Å². The summed E-state index contributed by atoms with van der Waals surface area (Å²) in [6.07, 6.45) is 3.71. The fraction of sp³-hybridized carbons (Fsp3) is 0.192. The number of rotatable bonds is 8. The molecular formula is C26H25N5O3. The zero-order valence-electron chi connectivity index (χ0n) is 18.5. The van der Waals surface area contributed by atoms with E-state index in [2.05, 4.69) is 21.0 Å². The molecule has 2 amide bonds. The van der Waals surface area contributed by atoms with E-state index < -0.39 is 0 Å². The molecule has 1 aliphatic carbocycles. The second kappa shape index (κ2) is 9.36. The summed E-state index contributed by atoms with van der Waals surface area (Å²) in [4.78, 5) is 24.6. The number of nitrogens with one attached hydrogen (secondary N) is 3. The van der Waals surface area contributed by atoms with Crippen LogP contribution in [0, 0.1) is 5.92 Å². The van der Waals surface area contributed by atoms with E-state index in [-0.39, 0.29) is 24.3 Å². The van der Waals surface area contributed by atoms with E-state index in [1.165, 1.54) is 0 Å². The van der Waals surface area contributed by atoms with Gasteiger partial charge < -0.3 is 21.1 Å². The molecule has 5 rings (SSSR count). The van der Waals surface area contributed by atoms with Crippen LogP contribution in [0.2, 0.25) is 0 Å². The van der Waals surface area contributed by atoms with E-state index in [9.17, 15) is 9.59 Å². The van der Waals surface area contributed by atoms with Crippen LogP contribution in [0.4, 0.5) is 17.1 Å². The van der Waals surface area contributed by atoms with Crippen molar-refractivity contribution in [2.75, 3.05) is 29.1 Å². The lowest BCUT2D eigenvalue weighted by atomic mass is 10.1. The van der Waals surface area contributed by atoms with Crippen LogP contribution in [0.3, 0.4) is 0 Å². The molecule has 8 heteroatoms. The number of aliphatic hydroxyl groups excluding tert-OH is 1. The highest BCUT2D eigenvalue weighted by Crippen LogP contribution is 2.30.